The maximum Gasteiger partial charge on any atom is 0.270 e. The van der Waals surface area contributed by atoms with Crippen LogP contribution in [0.2, 0.25) is 0 Å². The molecule has 1 rings (SSSR count). The number of nitrogens with zero attached hydrogens (tertiary/aromatic N) is 1. The van der Waals surface area contributed by atoms with Gasteiger partial charge < -0.3 is 9.88 Å². The molecule has 108 valence electrons. The fourth-order valence-electron chi connectivity index (χ4n) is 1.25. The predicted octanol–water partition coefficient (Wildman–Crippen LogP) is 0.0588. The van der Waals surface area contributed by atoms with Crippen LogP contribution < -0.4 is 0 Å². The summed E-state index contributed by atoms with van der Waals surface area (Å²) in [5.74, 6) is -0.688. The highest BCUT2D eigenvalue weighted by molar-refractivity contribution is 8.13. The number of nitrogens with one attached hydrogen (secondary N) is 1. The van der Waals surface area contributed by atoms with Crippen LogP contribution in [0, 0.1) is 0 Å². The SMILES string of the molecule is CN(CCS(C)(=O)=O)C(=O)c1cc(S(=O)(=O)Cl)c[nH]1. The van der Waals surface area contributed by atoms with Crippen LogP contribution in [0.1, 0.15) is 10.5 Å². The normalized spacial score (nSPS) is 12.4. The Hall–Kier alpha value is -1.06. The van der Waals surface area contributed by atoms with E-state index >= 15 is 0 Å². The third-order valence-corrected chi connectivity index (χ3v) is 4.57. The molecule has 10 heteroatoms. The number of carbonyl (C=O) groups excluding carboxylic acids is 1. The molecule has 19 heavy (non-hydrogen) atoms. The van der Waals surface area contributed by atoms with Gasteiger partial charge in [-0.1, -0.05) is 0 Å². The predicted molar refractivity (Wildman–Crippen MR) is 70.5 cm³/mol. The quantitative estimate of drug-likeness (QED) is 0.769. The van der Waals surface area contributed by atoms with Crippen molar-refractivity contribution >= 4 is 35.5 Å². The Labute approximate surface area is 115 Å². The topological polar surface area (TPSA) is 104 Å². The van der Waals surface area contributed by atoms with E-state index in [0.717, 1.165) is 18.5 Å². The molecular formula is C9H13ClN2O5S2. The van der Waals surface area contributed by atoms with Crippen molar-refractivity contribution in [2.24, 2.45) is 0 Å². The molecule has 0 radical (unpaired) electrons. The van der Waals surface area contributed by atoms with Gasteiger partial charge in [-0.15, -0.1) is 0 Å². The minimum atomic E-state index is -3.90. The first-order valence-corrected chi connectivity index (χ1v) is 9.44. The average Bonchev–Trinajstić information content (AvgIpc) is 2.72. The van der Waals surface area contributed by atoms with Gasteiger partial charge in [-0.2, -0.15) is 0 Å². The largest absolute Gasteiger partial charge is 0.356 e. The summed E-state index contributed by atoms with van der Waals surface area (Å²) in [6.07, 6.45) is 2.16. The zero-order valence-electron chi connectivity index (χ0n) is 10.3. The second-order valence-electron chi connectivity index (χ2n) is 4.04. The van der Waals surface area contributed by atoms with E-state index in [1.165, 1.54) is 11.9 Å². The number of hydrogen-bond donors (Lipinski definition) is 1. The fraction of sp³-hybridized carbons (Fsp3) is 0.444. The number of amides is 1. The van der Waals surface area contributed by atoms with Crippen molar-refractivity contribution in [3.8, 4) is 0 Å². The van der Waals surface area contributed by atoms with Gasteiger partial charge in [0.2, 0.25) is 0 Å². The molecular weight excluding hydrogens is 316 g/mol. The summed E-state index contributed by atoms with van der Waals surface area (Å²) in [6.45, 7) is 0.0135. The first-order valence-electron chi connectivity index (χ1n) is 5.07. The fourth-order valence-corrected chi connectivity index (χ4v) is 2.58. The van der Waals surface area contributed by atoms with Gasteiger partial charge in [0.15, 0.2) is 0 Å². The average molecular weight is 329 g/mol. The lowest BCUT2D eigenvalue weighted by Gasteiger charge is -2.15. The van der Waals surface area contributed by atoms with Crippen LogP contribution >= 0.6 is 10.7 Å². The van der Waals surface area contributed by atoms with Gasteiger partial charge in [-0.25, -0.2) is 16.8 Å². The molecule has 0 saturated carbocycles. The third-order valence-electron chi connectivity index (χ3n) is 2.31. The minimum Gasteiger partial charge on any atom is -0.356 e. The summed E-state index contributed by atoms with van der Waals surface area (Å²) in [4.78, 5) is 15.3. The van der Waals surface area contributed by atoms with Crippen molar-refractivity contribution in [1.29, 1.82) is 0 Å². The molecule has 7 nitrogen and oxygen atoms in total. The Morgan fingerprint density at radius 2 is 1.95 bits per heavy atom. The Morgan fingerprint density at radius 3 is 2.37 bits per heavy atom. The standard InChI is InChI=1S/C9H13ClN2O5S2/c1-12(3-4-18(2,14)15)9(13)8-5-7(6-11-8)19(10,16)17/h5-6,11H,3-4H2,1-2H3. The number of halogens is 1. The van der Waals surface area contributed by atoms with E-state index < -0.39 is 24.8 Å². The number of aromatic amines is 1. The molecule has 0 bridgehead atoms. The zero-order chi connectivity index (χ0) is 14.8. The molecule has 0 aliphatic carbocycles. The Balaban J connectivity index is 2.81. The van der Waals surface area contributed by atoms with E-state index in [-0.39, 0.29) is 22.9 Å². The van der Waals surface area contributed by atoms with Crippen molar-refractivity contribution in [1.82, 2.24) is 9.88 Å². The first-order chi connectivity index (χ1) is 8.50. The van der Waals surface area contributed by atoms with Gasteiger partial charge >= 0.3 is 0 Å². The second kappa shape index (κ2) is 5.51. The molecule has 0 spiro atoms. The van der Waals surface area contributed by atoms with Crippen molar-refractivity contribution < 1.29 is 21.6 Å². The number of hydrogen-bond acceptors (Lipinski definition) is 5. The summed E-state index contributed by atoms with van der Waals surface area (Å²) in [5, 5.41) is 0. The summed E-state index contributed by atoms with van der Waals surface area (Å²) in [7, 11) is -0.531. The van der Waals surface area contributed by atoms with Crippen LogP contribution in [0.5, 0.6) is 0 Å². The van der Waals surface area contributed by atoms with Crippen LogP contribution in [-0.2, 0) is 18.9 Å². The molecule has 0 atom stereocenters. The lowest BCUT2D eigenvalue weighted by Crippen LogP contribution is -2.31. The molecule has 0 aromatic carbocycles. The van der Waals surface area contributed by atoms with Crippen molar-refractivity contribution in [2.45, 2.75) is 4.90 Å². The molecule has 1 N–H and O–H groups in total. The molecule has 0 saturated heterocycles. The van der Waals surface area contributed by atoms with Gasteiger partial charge in [0, 0.05) is 36.7 Å². The van der Waals surface area contributed by atoms with Gasteiger partial charge in [0.25, 0.3) is 15.0 Å². The maximum absolute atomic E-state index is 11.9. The van der Waals surface area contributed by atoms with E-state index in [4.69, 9.17) is 10.7 Å². The maximum atomic E-state index is 11.9. The summed E-state index contributed by atoms with van der Waals surface area (Å²) in [6, 6.07) is 1.10. The smallest absolute Gasteiger partial charge is 0.270 e. The second-order valence-corrected chi connectivity index (χ2v) is 8.87. The number of H-pyrrole nitrogens is 1. The van der Waals surface area contributed by atoms with E-state index in [1.807, 2.05) is 0 Å². The molecule has 1 heterocycles. The number of carbonyl (C=O) groups is 1. The van der Waals surface area contributed by atoms with Gasteiger partial charge in [-0.05, 0) is 6.07 Å². The Kier molecular flexibility index (Phi) is 4.64. The summed E-state index contributed by atoms with van der Waals surface area (Å²) >= 11 is 0. The highest BCUT2D eigenvalue weighted by Crippen LogP contribution is 2.16. The molecule has 0 fully saturated rings. The molecule has 0 unspecified atom stereocenters. The lowest BCUT2D eigenvalue weighted by atomic mass is 10.4. The molecule has 1 aromatic rings. The number of aromatic nitrogens is 1. The van der Waals surface area contributed by atoms with E-state index in [9.17, 15) is 21.6 Å². The van der Waals surface area contributed by atoms with E-state index in [1.54, 1.807) is 0 Å². The molecule has 0 aliphatic rings. The lowest BCUT2D eigenvalue weighted by molar-refractivity contribution is 0.0798. The Morgan fingerprint density at radius 1 is 1.37 bits per heavy atom. The number of sulfone groups is 1. The summed E-state index contributed by atoms with van der Waals surface area (Å²) in [5.41, 5.74) is 0.0234. The monoisotopic (exact) mass is 328 g/mol. The summed E-state index contributed by atoms with van der Waals surface area (Å²) < 4.78 is 44.0. The van der Waals surface area contributed by atoms with E-state index in [0.29, 0.717) is 0 Å². The van der Waals surface area contributed by atoms with E-state index in [2.05, 4.69) is 4.98 Å². The Bertz CT molecular complexity index is 677. The molecule has 1 aromatic heterocycles. The van der Waals surface area contributed by atoms with Crippen molar-refractivity contribution in [2.75, 3.05) is 25.6 Å². The molecule has 0 aliphatic heterocycles. The van der Waals surface area contributed by atoms with Crippen LogP contribution in [0.25, 0.3) is 0 Å². The van der Waals surface area contributed by atoms with Crippen molar-refractivity contribution in [3.63, 3.8) is 0 Å². The van der Waals surface area contributed by atoms with Crippen LogP contribution in [0.3, 0.4) is 0 Å². The van der Waals surface area contributed by atoms with Gasteiger partial charge in [0.1, 0.15) is 20.4 Å². The van der Waals surface area contributed by atoms with Crippen LogP contribution in [0.15, 0.2) is 17.2 Å². The van der Waals surface area contributed by atoms with Crippen molar-refractivity contribution in [3.05, 3.63) is 18.0 Å². The first kappa shape index (κ1) is 16.0. The highest BCUT2D eigenvalue weighted by Gasteiger charge is 2.19. The third kappa shape index (κ3) is 4.84. The minimum absolute atomic E-state index is 0.0135. The highest BCUT2D eigenvalue weighted by atomic mass is 35.7. The zero-order valence-corrected chi connectivity index (χ0v) is 12.6. The van der Waals surface area contributed by atoms with Crippen LogP contribution in [0.4, 0.5) is 0 Å². The van der Waals surface area contributed by atoms with Crippen LogP contribution in [-0.4, -0.2) is 58.2 Å². The van der Waals surface area contributed by atoms with Gasteiger partial charge in [-0.3, -0.25) is 4.79 Å². The molecule has 1 amide bonds. The van der Waals surface area contributed by atoms with Gasteiger partial charge in [0.05, 0.1) is 5.75 Å². The number of rotatable bonds is 5.